The van der Waals surface area contributed by atoms with Gasteiger partial charge in [0.25, 0.3) is 0 Å². The minimum atomic E-state index is -1.51. The number of carbonyl (C=O) groups excluding carboxylic acids is 1. The minimum absolute atomic E-state index is 0.384. The predicted molar refractivity (Wildman–Crippen MR) is 68.3 cm³/mol. The highest BCUT2D eigenvalue weighted by molar-refractivity contribution is 5.86. The second-order valence-electron chi connectivity index (χ2n) is 4.26. The third-order valence-corrected chi connectivity index (χ3v) is 2.50. The Kier molecular flexibility index (Phi) is 7.97. The fourth-order valence-electron chi connectivity index (χ4n) is 1.41. The Balaban J connectivity index is 4.57. The van der Waals surface area contributed by atoms with E-state index >= 15 is 0 Å². The molecule has 0 aromatic heterocycles. The number of hydrogen-bond donors (Lipinski definition) is 6. The minimum Gasteiger partial charge on any atom is -0.481 e. The number of nitrogens with one attached hydrogen (secondary N) is 2. The number of rotatable bonds is 10. The number of carbonyl (C=O) groups is 5. The molecule has 0 aliphatic rings. The van der Waals surface area contributed by atoms with Gasteiger partial charge in [-0.2, -0.15) is 0 Å². The molecule has 0 fully saturated rings. The molecule has 0 aromatic rings. The second kappa shape index (κ2) is 9.15. The van der Waals surface area contributed by atoms with Gasteiger partial charge in [0.1, 0.15) is 12.1 Å². The van der Waals surface area contributed by atoms with Crippen molar-refractivity contribution in [3.63, 3.8) is 0 Å². The van der Waals surface area contributed by atoms with Crippen LogP contribution in [0.4, 0.5) is 4.79 Å². The molecule has 0 aromatic carbocycles. The van der Waals surface area contributed by atoms with E-state index in [4.69, 9.17) is 20.4 Å². The van der Waals surface area contributed by atoms with Gasteiger partial charge in [-0.3, -0.25) is 9.59 Å². The number of carboxylic acid groups (broad SMARTS) is 4. The van der Waals surface area contributed by atoms with Crippen LogP contribution in [0.25, 0.3) is 0 Å². The zero-order valence-electron chi connectivity index (χ0n) is 11.3. The first kappa shape index (κ1) is 19.1. The molecule has 0 radical (unpaired) electrons. The van der Waals surface area contributed by atoms with Crippen LogP contribution in [-0.4, -0.2) is 62.4 Å². The summed E-state index contributed by atoms with van der Waals surface area (Å²) < 4.78 is 0. The third-order valence-electron chi connectivity index (χ3n) is 2.50. The fraction of sp³-hybridized carbons (Fsp3) is 0.545. The van der Waals surface area contributed by atoms with Crippen LogP contribution in [0.1, 0.15) is 25.7 Å². The van der Waals surface area contributed by atoms with Gasteiger partial charge in [0.2, 0.25) is 0 Å². The first-order valence-electron chi connectivity index (χ1n) is 6.09. The Hall–Kier alpha value is -2.85. The maximum Gasteiger partial charge on any atom is 0.326 e. The first-order valence-corrected chi connectivity index (χ1v) is 6.09. The lowest BCUT2D eigenvalue weighted by Gasteiger charge is -2.17. The van der Waals surface area contributed by atoms with Gasteiger partial charge in [0, 0.05) is 12.8 Å². The Morgan fingerprint density at radius 2 is 1.00 bits per heavy atom. The monoisotopic (exact) mass is 320 g/mol. The summed E-state index contributed by atoms with van der Waals surface area (Å²) in [6, 6.07) is -4.16. The van der Waals surface area contributed by atoms with Crippen LogP contribution in [0.15, 0.2) is 0 Å². The number of aliphatic carboxylic acids is 4. The van der Waals surface area contributed by atoms with E-state index in [2.05, 4.69) is 0 Å². The normalized spacial score (nSPS) is 12.7. The predicted octanol–water partition coefficient (Wildman–Crippen LogP) is -1.08. The average Bonchev–Trinajstić information content (AvgIpc) is 2.38. The van der Waals surface area contributed by atoms with Gasteiger partial charge < -0.3 is 31.1 Å². The molecule has 0 aliphatic carbocycles. The quantitative estimate of drug-likeness (QED) is 0.290. The van der Waals surface area contributed by atoms with Crippen molar-refractivity contribution in [2.75, 3.05) is 0 Å². The molecule has 0 bridgehead atoms. The SMILES string of the molecule is O=C(O)CCC(NC(=O)N[C@@H](CCC(=O)O)C(=O)O)C(=O)O. The summed E-state index contributed by atoms with van der Waals surface area (Å²) in [5.74, 6) is -5.46. The van der Waals surface area contributed by atoms with Gasteiger partial charge in [-0.15, -0.1) is 0 Å². The van der Waals surface area contributed by atoms with Crippen molar-refractivity contribution in [2.24, 2.45) is 0 Å². The summed E-state index contributed by atoms with van der Waals surface area (Å²) in [5.41, 5.74) is 0. The van der Waals surface area contributed by atoms with E-state index in [9.17, 15) is 24.0 Å². The van der Waals surface area contributed by atoms with Gasteiger partial charge >= 0.3 is 29.9 Å². The standard InChI is InChI=1S/C11H16N2O9/c14-7(15)3-1-5(9(18)19)12-11(22)13-6(10(20)21)2-4-8(16)17/h5-6H,1-4H2,(H,14,15)(H,16,17)(H,18,19)(H,20,21)(H2,12,13,22)/t5-,6?/m0/s1. The van der Waals surface area contributed by atoms with E-state index in [1.807, 2.05) is 10.6 Å². The van der Waals surface area contributed by atoms with E-state index in [1.54, 1.807) is 0 Å². The van der Waals surface area contributed by atoms with Gasteiger partial charge in [0.05, 0.1) is 0 Å². The summed E-state index contributed by atoms with van der Waals surface area (Å²) in [7, 11) is 0. The molecule has 0 spiro atoms. The number of urea groups is 1. The average molecular weight is 320 g/mol. The van der Waals surface area contributed by atoms with Crippen LogP contribution in [0.5, 0.6) is 0 Å². The molecule has 0 saturated carbocycles. The molecule has 0 saturated heterocycles. The van der Waals surface area contributed by atoms with E-state index < -0.39 is 54.8 Å². The lowest BCUT2D eigenvalue weighted by molar-refractivity contribution is -0.141. The van der Waals surface area contributed by atoms with E-state index in [-0.39, 0.29) is 12.8 Å². The van der Waals surface area contributed by atoms with Crippen LogP contribution in [-0.2, 0) is 19.2 Å². The Morgan fingerprint density at radius 1 is 0.682 bits per heavy atom. The molecule has 11 nitrogen and oxygen atoms in total. The first-order chi connectivity index (χ1) is 10.1. The van der Waals surface area contributed by atoms with Gasteiger partial charge in [-0.25, -0.2) is 14.4 Å². The lowest BCUT2D eigenvalue weighted by Crippen LogP contribution is -2.51. The van der Waals surface area contributed by atoms with Crippen molar-refractivity contribution in [1.29, 1.82) is 0 Å². The smallest absolute Gasteiger partial charge is 0.326 e. The van der Waals surface area contributed by atoms with Crippen molar-refractivity contribution >= 4 is 29.9 Å². The van der Waals surface area contributed by atoms with Gasteiger partial charge in [-0.05, 0) is 12.8 Å². The summed E-state index contributed by atoms with van der Waals surface area (Å²) in [5, 5.41) is 38.4. The summed E-state index contributed by atoms with van der Waals surface area (Å²) >= 11 is 0. The summed E-state index contributed by atoms with van der Waals surface area (Å²) in [6.45, 7) is 0. The third kappa shape index (κ3) is 8.35. The van der Waals surface area contributed by atoms with Gasteiger partial charge in [0.15, 0.2) is 0 Å². The molecule has 2 amide bonds. The molecule has 0 rings (SSSR count). The second-order valence-corrected chi connectivity index (χ2v) is 4.26. The van der Waals surface area contributed by atoms with Crippen LogP contribution >= 0.6 is 0 Å². The summed E-state index contributed by atoms with van der Waals surface area (Å²) in [6.07, 6.45) is -1.77. The van der Waals surface area contributed by atoms with Crippen LogP contribution in [0.2, 0.25) is 0 Å². The van der Waals surface area contributed by atoms with Crippen LogP contribution in [0.3, 0.4) is 0 Å². The number of carboxylic acids is 4. The fourth-order valence-corrected chi connectivity index (χ4v) is 1.41. The number of hydrogen-bond acceptors (Lipinski definition) is 5. The zero-order valence-corrected chi connectivity index (χ0v) is 11.3. The van der Waals surface area contributed by atoms with E-state index in [1.165, 1.54) is 0 Å². The Labute approximate surface area is 123 Å². The highest BCUT2D eigenvalue weighted by atomic mass is 16.4. The number of amides is 2. The van der Waals surface area contributed by atoms with E-state index in [0.29, 0.717) is 0 Å². The molecule has 2 atom stereocenters. The Bertz CT molecular complexity index is 422. The molecular formula is C11H16N2O9. The zero-order chi connectivity index (χ0) is 17.3. The van der Waals surface area contributed by atoms with Crippen molar-refractivity contribution in [3.05, 3.63) is 0 Å². The largest absolute Gasteiger partial charge is 0.481 e. The lowest BCUT2D eigenvalue weighted by atomic mass is 10.1. The van der Waals surface area contributed by atoms with Crippen molar-refractivity contribution in [1.82, 2.24) is 10.6 Å². The molecule has 6 N–H and O–H groups in total. The van der Waals surface area contributed by atoms with Crippen molar-refractivity contribution in [2.45, 2.75) is 37.8 Å². The maximum atomic E-state index is 11.5. The highest BCUT2D eigenvalue weighted by Gasteiger charge is 2.25. The van der Waals surface area contributed by atoms with Crippen LogP contribution < -0.4 is 10.6 Å². The molecule has 11 heteroatoms. The van der Waals surface area contributed by atoms with E-state index in [0.717, 1.165) is 0 Å². The molecule has 0 heterocycles. The highest BCUT2D eigenvalue weighted by Crippen LogP contribution is 2.01. The molecule has 22 heavy (non-hydrogen) atoms. The maximum absolute atomic E-state index is 11.5. The van der Waals surface area contributed by atoms with Crippen molar-refractivity contribution < 1.29 is 44.4 Å². The molecule has 0 aliphatic heterocycles. The molecule has 124 valence electrons. The van der Waals surface area contributed by atoms with Crippen LogP contribution in [0, 0.1) is 0 Å². The molecule has 1 unspecified atom stereocenters. The van der Waals surface area contributed by atoms with Gasteiger partial charge in [-0.1, -0.05) is 0 Å². The van der Waals surface area contributed by atoms with Crippen molar-refractivity contribution in [3.8, 4) is 0 Å². The summed E-state index contributed by atoms with van der Waals surface area (Å²) in [4.78, 5) is 54.0. The Morgan fingerprint density at radius 3 is 1.23 bits per heavy atom. The molecular weight excluding hydrogens is 304 g/mol. The topological polar surface area (TPSA) is 190 Å².